The van der Waals surface area contributed by atoms with Gasteiger partial charge in [0.2, 0.25) is 0 Å². The second-order valence-corrected chi connectivity index (χ2v) is 5.83. The zero-order valence-electron chi connectivity index (χ0n) is 11.5. The number of amides is 1. The molecule has 0 aliphatic heterocycles. The number of fused-ring (bicyclic) bond motifs is 1. The van der Waals surface area contributed by atoms with Gasteiger partial charge in [0, 0.05) is 17.0 Å². The first kappa shape index (κ1) is 13.9. The molecule has 0 saturated carbocycles. The van der Waals surface area contributed by atoms with E-state index in [-0.39, 0.29) is 17.1 Å². The van der Waals surface area contributed by atoms with Crippen LogP contribution in [0, 0.1) is 5.92 Å². The van der Waals surface area contributed by atoms with Gasteiger partial charge >= 0.3 is 0 Å². The SMILES string of the molecule is CC1CCc2onc(C(=O)Nc3cc(Cl)ccc3O)c2C1. The lowest BCUT2D eigenvalue weighted by molar-refractivity contribution is 0.101. The maximum Gasteiger partial charge on any atom is 0.278 e. The molecule has 0 bridgehead atoms. The molecule has 2 N–H and O–H groups in total. The summed E-state index contributed by atoms with van der Waals surface area (Å²) in [4.78, 5) is 12.3. The van der Waals surface area contributed by atoms with Crippen molar-refractivity contribution in [3.05, 3.63) is 40.2 Å². The number of hydrogen-bond acceptors (Lipinski definition) is 4. The molecule has 1 aromatic heterocycles. The molecule has 2 aromatic rings. The number of nitrogens with zero attached hydrogens (tertiary/aromatic N) is 1. The summed E-state index contributed by atoms with van der Waals surface area (Å²) < 4.78 is 5.25. The summed E-state index contributed by atoms with van der Waals surface area (Å²) >= 11 is 5.86. The second kappa shape index (κ2) is 5.41. The molecule has 110 valence electrons. The minimum atomic E-state index is -0.397. The highest BCUT2D eigenvalue weighted by Crippen LogP contribution is 2.30. The quantitative estimate of drug-likeness (QED) is 0.834. The molecule has 6 heteroatoms. The number of carbonyl (C=O) groups is 1. The van der Waals surface area contributed by atoms with Gasteiger partial charge in [-0.05, 0) is 37.0 Å². The molecule has 1 atom stereocenters. The van der Waals surface area contributed by atoms with E-state index in [2.05, 4.69) is 17.4 Å². The highest BCUT2D eigenvalue weighted by atomic mass is 35.5. The number of anilines is 1. The molecule has 1 aliphatic carbocycles. The first-order chi connectivity index (χ1) is 10.0. The van der Waals surface area contributed by atoms with Gasteiger partial charge in [0.25, 0.3) is 5.91 Å². The molecule has 3 rings (SSSR count). The average molecular weight is 307 g/mol. The Morgan fingerprint density at radius 1 is 1.52 bits per heavy atom. The molecular weight excluding hydrogens is 292 g/mol. The van der Waals surface area contributed by atoms with Crippen molar-refractivity contribution in [2.75, 3.05) is 5.32 Å². The normalized spacial score (nSPS) is 17.3. The van der Waals surface area contributed by atoms with Gasteiger partial charge in [-0.2, -0.15) is 0 Å². The van der Waals surface area contributed by atoms with Crippen LogP contribution in [0.5, 0.6) is 5.75 Å². The highest BCUT2D eigenvalue weighted by molar-refractivity contribution is 6.31. The summed E-state index contributed by atoms with van der Waals surface area (Å²) in [6.07, 6.45) is 2.63. The molecular formula is C15H15ClN2O3. The zero-order valence-corrected chi connectivity index (χ0v) is 12.3. The van der Waals surface area contributed by atoms with Crippen molar-refractivity contribution in [1.29, 1.82) is 0 Å². The van der Waals surface area contributed by atoms with Crippen LogP contribution in [-0.4, -0.2) is 16.2 Å². The number of aryl methyl sites for hydroxylation is 1. The van der Waals surface area contributed by atoms with Crippen LogP contribution in [0.3, 0.4) is 0 Å². The molecule has 0 spiro atoms. The lowest BCUT2D eigenvalue weighted by atomic mass is 9.88. The number of hydrogen-bond donors (Lipinski definition) is 2. The van der Waals surface area contributed by atoms with Crippen molar-refractivity contribution in [2.45, 2.75) is 26.2 Å². The van der Waals surface area contributed by atoms with E-state index in [1.807, 2.05) is 0 Å². The largest absolute Gasteiger partial charge is 0.506 e. The maximum absolute atomic E-state index is 12.3. The summed E-state index contributed by atoms with van der Waals surface area (Å²) in [5.74, 6) is 0.849. The fourth-order valence-corrected chi connectivity index (χ4v) is 2.72. The zero-order chi connectivity index (χ0) is 15.0. The molecule has 21 heavy (non-hydrogen) atoms. The number of phenols is 1. The monoisotopic (exact) mass is 306 g/mol. The number of aromatic hydroxyl groups is 1. The Kier molecular flexibility index (Phi) is 3.59. The van der Waals surface area contributed by atoms with Crippen LogP contribution in [-0.2, 0) is 12.8 Å². The fraction of sp³-hybridized carbons (Fsp3) is 0.333. The number of benzene rings is 1. The summed E-state index contributed by atoms with van der Waals surface area (Å²) in [6, 6.07) is 4.47. The minimum absolute atomic E-state index is 0.0431. The van der Waals surface area contributed by atoms with Crippen LogP contribution < -0.4 is 5.32 Å². The number of carbonyl (C=O) groups excluding carboxylic acids is 1. The summed E-state index contributed by atoms with van der Waals surface area (Å²) in [7, 11) is 0. The molecule has 1 amide bonds. The van der Waals surface area contributed by atoms with Crippen LogP contribution >= 0.6 is 11.6 Å². The Labute approximate surface area is 126 Å². The lowest BCUT2D eigenvalue weighted by Crippen LogP contribution is -2.18. The van der Waals surface area contributed by atoms with Crippen molar-refractivity contribution < 1.29 is 14.4 Å². The number of nitrogens with one attached hydrogen (secondary N) is 1. The van der Waals surface area contributed by atoms with Crippen LogP contribution in [0.4, 0.5) is 5.69 Å². The van der Waals surface area contributed by atoms with E-state index in [9.17, 15) is 9.90 Å². The molecule has 1 aromatic carbocycles. The Balaban J connectivity index is 1.86. The van der Waals surface area contributed by atoms with Crippen molar-refractivity contribution in [2.24, 2.45) is 5.92 Å². The van der Waals surface area contributed by atoms with E-state index < -0.39 is 5.91 Å². The summed E-state index contributed by atoms with van der Waals surface area (Å²) in [5.41, 5.74) is 1.41. The van der Waals surface area contributed by atoms with Gasteiger partial charge in [-0.3, -0.25) is 4.79 Å². The van der Waals surface area contributed by atoms with Crippen LogP contribution in [0.2, 0.25) is 5.02 Å². The van der Waals surface area contributed by atoms with Crippen molar-refractivity contribution in [3.8, 4) is 5.75 Å². The third-order valence-corrected chi connectivity index (χ3v) is 3.94. The van der Waals surface area contributed by atoms with Crippen molar-refractivity contribution >= 4 is 23.2 Å². The second-order valence-electron chi connectivity index (χ2n) is 5.40. The first-order valence-corrected chi connectivity index (χ1v) is 7.19. The van der Waals surface area contributed by atoms with E-state index in [1.54, 1.807) is 6.07 Å². The van der Waals surface area contributed by atoms with Crippen LogP contribution in [0.15, 0.2) is 22.7 Å². The van der Waals surface area contributed by atoms with Gasteiger partial charge in [0.1, 0.15) is 11.5 Å². The predicted molar refractivity (Wildman–Crippen MR) is 78.8 cm³/mol. The molecule has 0 fully saturated rings. The summed E-state index contributed by atoms with van der Waals surface area (Å²) in [6.45, 7) is 2.14. The standard InChI is InChI=1S/C15H15ClN2O3/c1-8-2-5-13-10(6-8)14(18-21-13)15(20)17-11-7-9(16)3-4-12(11)19/h3-4,7-8,19H,2,5-6H2,1H3,(H,17,20). The Hall–Kier alpha value is -2.01. The third kappa shape index (κ3) is 2.74. The van der Waals surface area contributed by atoms with Crippen LogP contribution in [0.1, 0.15) is 35.2 Å². The van der Waals surface area contributed by atoms with Gasteiger partial charge in [-0.15, -0.1) is 0 Å². The van der Waals surface area contributed by atoms with Gasteiger partial charge in [-0.25, -0.2) is 0 Å². The molecule has 0 saturated heterocycles. The first-order valence-electron chi connectivity index (χ1n) is 6.82. The van der Waals surface area contributed by atoms with E-state index in [0.29, 0.717) is 10.9 Å². The maximum atomic E-state index is 12.3. The van der Waals surface area contributed by atoms with Crippen LogP contribution in [0.25, 0.3) is 0 Å². The van der Waals surface area contributed by atoms with E-state index in [0.717, 1.165) is 30.6 Å². The summed E-state index contributed by atoms with van der Waals surface area (Å²) in [5, 5.41) is 16.7. The van der Waals surface area contributed by atoms with E-state index in [4.69, 9.17) is 16.1 Å². The van der Waals surface area contributed by atoms with Gasteiger partial charge in [-0.1, -0.05) is 23.7 Å². The molecule has 5 nitrogen and oxygen atoms in total. The van der Waals surface area contributed by atoms with Gasteiger partial charge < -0.3 is 14.9 Å². The Bertz CT molecular complexity index is 696. The van der Waals surface area contributed by atoms with Gasteiger partial charge in [0.15, 0.2) is 5.69 Å². The smallest absolute Gasteiger partial charge is 0.278 e. The minimum Gasteiger partial charge on any atom is -0.506 e. The van der Waals surface area contributed by atoms with Crippen molar-refractivity contribution in [3.63, 3.8) is 0 Å². The molecule has 1 unspecified atom stereocenters. The number of phenolic OH excluding ortho intramolecular Hbond substituents is 1. The van der Waals surface area contributed by atoms with E-state index >= 15 is 0 Å². The molecule has 1 aliphatic rings. The van der Waals surface area contributed by atoms with E-state index in [1.165, 1.54) is 12.1 Å². The lowest BCUT2D eigenvalue weighted by Gasteiger charge is -2.16. The number of halogens is 1. The average Bonchev–Trinajstić information content (AvgIpc) is 2.85. The predicted octanol–water partition coefficient (Wildman–Crippen LogP) is 3.41. The number of aromatic nitrogens is 1. The molecule has 1 heterocycles. The van der Waals surface area contributed by atoms with Crippen molar-refractivity contribution in [1.82, 2.24) is 5.16 Å². The third-order valence-electron chi connectivity index (χ3n) is 3.71. The number of rotatable bonds is 2. The Morgan fingerprint density at radius 2 is 2.33 bits per heavy atom. The Morgan fingerprint density at radius 3 is 3.14 bits per heavy atom. The fourth-order valence-electron chi connectivity index (χ4n) is 2.55. The molecule has 0 radical (unpaired) electrons. The topological polar surface area (TPSA) is 75.4 Å². The van der Waals surface area contributed by atoms with Gasteiger partial charge in [0.05, 0.1) is 5.69 Å². The highest BCUT2D eigenvalue weighted by Gasteiger charge is 2.27.